The molecule has 0 aromatic rings. The summed E-state index contributed by atoms with van der Waals surface area (Å²) in [6.07, 6.45) is 8.12. The Morgan fingerprint density at radius 1 is 1.03 bits per heavy atom. The summed E-state index contributed by atoms with van der Waals surface area (Å²) >= 11 is 0. The number of rotatable bonds is 3. The molecule has 10 nitrogen and oxygen atoms in total. The summed E-state index contributed by atoms with van der Waals surface area (Å²) in [4.78, 5) is 58.8. The molecule has 6 rings (SSSR count). The first-order chi connectivity index (χ1) is 17.8. The lowest BCUT2D eigenvalue weighted by atomic mass is 9.49. The molecule has 6 aliphatic rings. The maximum atomic E-state index is 13.7. The lowest BCUT2D eigenvalue weighted by molar-refractivity contribution is -0.148. The zero-order valence-corrected chi connectivity index (χ0v) is 23.0. The fraction of sp³-hybridized carbons (Fsp3) is 0.840. The Hall–Kier alpha value is -1.50. The van der Waals surface area contributed by atoms with Gasteiger partial charge in [-0.25, -0.2) is 4.79 Å². The van der Waals surface area contributed by atoms with Gasteiger partial charge in [0.1, 0.15) is 12.1 Å². The van der Waals surface area contributed by atoms with Crippen LogP contribution < -0.4 is 21.8 Å². The molecule has 0 spiro atoms. The largest absolute Gasteiger partial charge is 0.372 e. The molecule has 37 heavy (non-hydrogen) atoms. The molecular formula is C25H39N5O5S2. The predicted octanol–water partition coefficient (Wildman–Crippen LogP) is 0.953. The monoisotopic (exact) mass is 553 g/mol. The van der Waals surface area contributed by atoms with Gasteiger partial charge in [-0.1, -0.05) is 21.6 Å². The topological polar surface area (TPSA) is 143 Å². The molecule has 0 aromatic carbocycles. The van der Waals surface area contributed by atoms with Crippen molar-refractivity contribution in [1.29, 1.82) is 0 Å². The molecule has 4 aliphatic carbocycles. The van der Waals surface area contributed by atoms with Crippen LogP contribution in [0.15, 0.2) is 0 Å². The highest BCUT2D eigenvalue weighted by Crippen LogP contribution is 2.60. The number of carbonyl (C=O) groups is 4. The molecule has 6 fully saturated rings. The Balaban J connectivity index is 1.29. The van der Waals surface area contributed by atoms with Crippen LogP contribution in [-0.4, -0.2) is 77.4 Å². The fourth-order valence-electron chi connectivity index (χ4n) is 7.72. The van der Waals surface area contributed by atoms with E-state index in [0.29, 0.717) is 36.5 Å². The summed E-state index contributed by atoms with van der Waals surface area (Å²) in [5, 5.41) is 9.04. The summed E-state index contributed by atoms with van der Waals surface area (Å²) in [5.41, 5.74) is -0.333. The van der Waals surface area contributed by atoms with Crippen molar-refractivity contribution in [2.45, 2.75) is 82.5 Å². The second-order valence-electron chi connectivity index (χ2n) is 11.9. The Kier molecular flexibility index (Phi) is 8.28. The Morgan fingerprint density at radius 3 is 2.32 bits per heavy atom. The number of hydrogen-bond acceptors (Lipinski definition) is 9. The minimum absolute atomic E-state index is 0.0302. The quantitative estimate of drug-likeness (QED) is 0.297. The van der Waals surface area contributed by atoms with Gasteiger partial charge in [-0.15, -0.1) is 0 Å². The third kappa shape index (κ3) is 5.91. The van der Waals surface area contributed by atoms with Crippen molar-refractivity contribution in [1.82, 2.24) is 20.9 Å². The molecule has 2 aliphatic heterocycles. The van der Waals surface area contributed by atoms with Crippen LogP contribution >= 0.6 is 21.6 Å². The zero-order valence-electron chi connectivity index (χ0n) is 21.4. The van der Waals surface area contributed by atoms with Gasteiger partial charge in [0.25, 0.3) is 0 Å². The van der Waals surface area contributed by atoms with Gasteiger partial charge in [0.15, 0.2) is 0 Å². The van der Waals surface area contributed by atoms with Crippen LogP contribution in [0, 0.1) is 23.2 Å². The van der Waals surface area contributed by atoms with Crippen molar-refractivity contribution in [2.75, 3.05) is 24.6 Å². The molecule has 4 atom stereocenters. The lowest BCUT2D eigenvalue weighted by Crippen LogP contribution is -2.59. The van der Waals surface area contributed by atoms with E-state index in [4.69, 9.17) is 5.90 Å². The third-order valence-corrected chi connectivity index (χ3v) is 11.4. The number of nitrogens with one attached hydrogen (secondary N) is 3. The van der Waals surface area contributed by atoms with E-state index < -0.39 is 18.1 Å². The minimum atomic E-state index is -0.883. The van der Waals surface area contributed by atoms with E-state index >= 15 is 0 Å². The molecule has 3 amide bonds. The van der Waals surface area contributed by atoms with Crippen molar-refractivity contribution in [3.8, 4) is 0 Å². The summed E-state index contributed by atoms with van der Waals surface area (Å²) in [6, 6.07) is -2.14. The summed E-state index contributed by atoms with van der Waals surface area (Å²) < 4.78 is 0. The van der Waals surface area contributed by atoms with Gasteiger partial charge in [0.2, 0.25) is 17.7 Å². The molecule has 2 saturated heterocycles. The normalized spacial score (nSPS) is 40.8. The molecule has 4 saturated carbocycles. The SMILES string of the molecule is C[C@H]1CN2CCC[C@H]2C(=O)N[C@H](C(=O)ON)CSSC[C@H](NC(=O)C23CC4CC(CC(C4)C2)C3)C(=O)N1. The number of fused-ring (bicyclic) bond motifs is 1. The molecule has 4 bridgehead atoms. The average Bonchev–Trinajstić information content (AvgIpc) is 3.31. The van der Waals surface area contributed by atoms with Crippen molar-refractivity contribution in [2.24, 2.45) is 29.1 Å². The molecule has 5 N–H and O–H groups in total. The van der Waals surface area contributed by atoms with Crippen LogP contribution in [0.5, 0.6) is 0 Å². The highest BCUT2D eigenvalue weighted by atomic mass is 33.1. The first-order valence-electron chi connectivity index (χ1n) is 13.6. The highest BCUT2D eigenvalue weighted by Gasteiger charge is 2.55. The van der Waals surface area contributed by atoms with Crippen LogP contribution in [0.3, 0.4) is 0 Å². The molecule has 0 unspecified atom stereocenters. The second-order valence-corrected chi connectivity index (χ2v) is 14.4. The molecule has 2 heterocycles. The van der Waals surface area contributed by atoms with Crippen molar-refractivity contribution in [3.05, 3.63) is 0 Å². The van der Waals surface area contributed by atoms with E-state index in [-0.39, 0.29) is 41.0 Å². The van der Waals surface area contributed by atoms with E-state index in [2.05, 4.69) is 20.8 Å². The Morgan fingerprint density at radius 2 is 1.68 bits per heavy atom. The first-order valence-corrected chi connectivity index (χ1v) is 16.1. The Bertz CT molecular complexity index is 885. The van der Waals surface area contributed by atoms with Crippen LogP contribution in [-0.2, 0) is 24.0 Å². The van der Waals surface area contributed by atoms with Gasteiger partial charge in [-0.2, -0.15) is 5.90 Å². The van der Waals surface area contributed by atoms with Gasteiger partial charge in [-0.3, -0.25) is 19.3 Å². The number of nitrogens with two attached hydrogens (primary N) is 1. The fourth-order valence-corrected chi connectivity index (χ4v) is 10.0. The van der Waals surface area contributed by atoms with Crippen LogP contribution in [0.25, 0.3) is 0 Å². The molecule has 0 radical (unpaired) electrons. The number of amides is 3. The number of hydrogen-bond donors (Lipinski definition) is 4. The van der Waals surface area contributed by atoms with E-state index in [1.165, 1.54) is 40.9 Å². The van der Waals surface area contributed by atoms with Crippen LogP contribution in [0.2, 0.25) is 0 Å². The minimum Gasteiger partial charge on any atom is -0.372 e. The first kappa shape index (κ1) is 27.1. The van der Waals surface area contributed by atoms with E-state index in [1.54, 1.807) is 0 Å². The number of carbonyl (C=O) groups excluding carboxylic acids is 4. The molecule has 0 aromatic heterocycles. The molecule has 206 valence electrons. The zero-order chi connectivity index (χ0) is 26.2. The van der Waals surface area contributed by atoms with Gasteiger partial charge >= 0.3 is 5.97 Å². The van der Waals surface area contributed by atoms with Gasteiger partial charge in [0, 0.05) is 29.5 Å². The second kappa shape index (κ2) is 11.3. The maximum Gasteiger partial charge on any atom is 0.347 e. The summed E-state index contributed by atoms with van der Waals surface area (Å²) in [7, 11) is 2.75. The highest BCUT2D eigenvalue weighted by molar-refractivity contribution is 8.76. The predicted molar refractivity (Wildman–Crippen MR) is 142 cm³/mol. The average molecular weight is 554 g/mol. The third-order valence-electron chi connectivity index (χ3n) is 8.97. The van der Waals surface area contributed by atoms with E-state index in [1.807, 2.05) is 11.8 Å². The smallest absolute Gasteiger partial charge is 0.347 e. The van der Waals surface area contributed by atoms with Gasteiger partial charge < -0.3 is 20.8 Å². The van der Waals surface area contributed by atoms with Crippen LogP contribution in [0.4, 0.5) is 0 Å². The molecular weight excluding hydrogens is 514 g/mol. The van der Waals surface area contributed by atoms with Crippen molar-refractivity contribution < 1.29 is 24.0 Å². The Labute approximate surface area is 226 Å². The lowest BCUT2D eigenvalue weighted by Gasteiger charge is -2.55. The van der Waals surface area contributed by atoms with Crippen molar-refractivity contribution >= 4 is 45.3 Å². The molecule has 12 heteroatoms. The van der Waals surface area contributed by atoms with Gasteiger partial charge in [-0.05, 0) is 82.6 Å². The number of nitrogens with zero attached hydrogens (tertiary/aromatic N) is 1. The van der Waals surface area contributed by atoms with Gasteiger partial charge in [0.05, 0.1) is 6.04 Å². The maximum absolute atomic E-state index is 13.7. The standard InChI is InChI=1S/C25H39N5O5S2/c1-14-11-30-4-2-3-20(30)22(32)28-19(23(33)35-26)13-37-36-12-18(21(31)27-14)29-24(34)25-8-15-5-16(9-25)7-17(6-15)10-25/h14-20H,2-13,26H2,1H3,(H,27,31)(H,28,32)(H,29,34)/t14-,15?,16?,17?,18-,19-,20-,25?/m0/s1. The van der Waals surface area contributed by atoms with E-state index in [9.17, 15) is 19.2 Å². The van der Waals surface area contributed by atoms with Crippen LogP contribution in [0.1, 0.15) is 58.3 Å². The summed E-state index contributed by atoms with van der Waals surface area (Å²) in [6.45, 7) is 3.17. The van der Waals surface area contributed by atoms with E-state index in [0.717, 1.165) is 32.2 Å². The van der Waals surface area contributed by atoms with Crippen molar-refractivity contribution in [3.63, 3.8) is 0 Å². The summed E-state index contributed by atoms with van der Waals surface area (Å²) in [5.74, 6) is 6.55.